The number of amides is 1. The molecule has 0 aliphatic carbocycles. The van der Waals surface area contributed by atoms with Gasteiger partial charge in [0.1, 0.15) is 6.54 Å². The number of carbonyl (C=O) groups excluding carboxylic acids is 1. The SMILES string of the molecule is CN=C(NCc1ccc(Br)cc1C)N1CCN(c2cnn(C)c2)C(=O)C1. The van der Waals surface area contributed by atoms with Crippen molar-refractivity contribution < 1.29 is 4.79 Å². The highest BCUT2D eigenvalue weighted by molar-refractivity contribution is 9.10. The van der Waals surface area contributed by atoms with Crippen LogP contribution in [0.2, 0.25) is 0 Å². The molecule has 3 rings (SSSR count). The van der Waals surface area contributed by atoms with E-state index in [4.69, 9.17) is 0 Å². The van der Waals surface area contributed by atoms with Gasteiger partial charge in [0.2, 0.25) is 5.91 Å². The molecule has 7 nitrogen and oxygen atoms in total. The molecule has 1 aliphatic rings. The van der Waals surface area contributed by atoms with Gasteiger partial charge >= 0.3 is 0 Å². The van der Waals surface area contributed by atoms with Crippen LogP contribution >= 0.6 is 15.9 Å². The topological polar surface area (TPSA) is 65.8 Å². The molecule has 1 aromatic heterocycles. The smallest absolute Gasteiger partial charge is 0.246 e. The number of nitrogens with one attached hydrogen (secondary N) is 1. The average Bonchev–Trinajstić information content (AvgIpc) is 3.03. The number of aromatic nitrogens is 2. The van der Waals surface area contributed by atoms with Crippen molar-refractivity contribution in [3.8, 4) is 0 Å². The minimum atomic E-state index is 0.0482. The van der Waals surface area contributed by atoms with Gasteiger partial charge in [-0.05, 0) is 30.2 Å². The molecule has 1 N–H and O–H groups in total. The summed E-state index contributed by atoms with van der Waals surface area (Å²) in [6.07, 6.45) is 3.58. The molecule has 8 heteroatoms. The van der Waals surface area contributed by atoms with Crippen molar-refractivity contribution >= 4 is 33.5 Å². The van der Waals surface area contributed by atoms with Gasteiger partial charge in [0.15, 0.2) is 5.96 Å². The highest BCUT2D eigenvalue weighted by Crippen LogP contribution is 2.17. The third-order valence-corrected chi connectivity index (χ3v) is 4.97. The second kappa shape index (κ2) is 7.90. The number of anilines is 1. The Morgan fingerprint density at radius 3 is 2.81 bits per heavy atom. The molecule has 0 saturated carbocycles. The molecular formula is C18H23BrN6O. The second-order valence-corrected chi connectivity index (χ2v) is 7.23. The molecule has 0 spiro atoms. The van der Waals surface area contributed by atoms with Crippen LogP contribution in [-0.4, -0.2) is 53.2 Å². The fraction of sp³-hybridized carbons (Fsp3) is 0.389. The molecule has 1 amide bonds. The number of piperazine rings is 1. The van der Waals surface area contributed by atoms with Crippen LogP contribution in [0.1, 0.15) is 11.1 Å². The summed E-state index contributed by atoms with van der Waals surface area (Å²) in [5.41, 5.74) is 3.25. The predicted octanol–water partition coefficient (Wildman–Crippen LogP) is 1.92. The normalized spacial score (nSPS) is 15.5. The van der Waals surface area contributed by atoms with Gasteiger partial charge in [0.25, 0.3) is 0 Å². The molecule has 0 radical (unpaired) electrons. The number of nitrogens with zero attached hydrogens (tertiary/aromatic N) is 5. The van der Waals surface area contributed by atoms with Crippen molar-refractivity contribution in [2.24, 2.45) is 12.0 Å². The van der Waals surface area contributed by atoms with Crippen molar-refractivity contribution in [3.05, 3.63) is 46.2 Å². The summed E-state index contributed by atoms with van der Waals surface area (Å²) in [5.74, 6) is 0.790. The lowest BCUT2D eigenvalue weighted by Gasteiger charge is -2.35. The van der Waals surface area contributed by atoms with Crippen LogP contribution in [0, 0.1) is 6.92 Å². The van der Waals surface area contributed by atoms with Gasteiger partial charge in [-0.1, -0.05) is 22.0 Å². The summed E-state index contributed by atoms with van der Waals surface area (Å²) in [6.45, 7) is 4.39. The summed E-state index contributed by atoms with van der Waals surface area (Å²) in [5, 5.41) is 7.51. The van der Waals surface area contributed by atoms with Crippen LogP contribution in [0.5, 0.6) is 0 Å². The van der Waals surface area contributed by atoms with E-state index in [1.165, 1.54) is 11.1 Å². The molecule has 26 heavy (non-hydrogen) atoms. The molecule has 0 atom stereocenters. The number of carbonyl (C=O) groups is 1. The van der Waals surface area contributed by atoms with Crippen LogP contribution in [0.3, 0.4) is 0 Å². The fourth-order valence-corrected chi connectivity index (χ4v) is 3.51. The van der Waals surface area contributed by atoms with E-state index in [0.29, 0.717) is 19.6 Å². The summed E-state index contributed by atoms with van der Waals surface area (Å²) in [6, 6.07) is 6.21. The maximum absolute atomic E-state index is 12.6. The number of hydrogen-bond donors (Lipinski definition) is 1. The molecule has 1 fully saturated rings. The Balaban J connectivity index is 1.62. The van der Waals surface area contributed by atoms with E-state index >= 15 is 0 Å². The largest absolute Gasteiger partial charge is 0.352 e. The van der Waals surface area contributed by atoms with Crippen LogP contribution < -0.4 is 10.2 Å². The molecule has 1 saturated heterocycles. The zero-order chi connectivity index (χ0) is 18.7. The first-order chi connectivity index (χ1) is 12.5. The molecule has 2 heterocycles. The van der Waals surface area contributed by atoms with Crippen molar-refractivity contribution in [1.82, 2.24) is 20.0 Å². The van der Waals surface area contributed by atoms with Gasteiger partial charge in [-0.15, -0.1) is 0 Å². The first-order valence-corrected chi connectivity index (χ1v) is 9.27. The minimum absolute atomic E-state index is 0.0482. The summed E-state index contributed by atoms with van der Waals surface area (Å²) in [4.78, 5) is 20.7. The predicted molar refractivity (Wildman–Crippen MR) is 106 cm³/mol. The Labute approximate surface area is 161 Å². The quantitative estimate of drug-likeness (QED) is 0.610. The van der Waals surface area contributed by atoms with E-state index in [9.17, 15) is 4.79 Å². The lowest BCUT2D eigenvalue weighted by Crippen LogP contribution is -2.55. The van der Waals surface area contributed by atoms with Crippen molar-refractivity contribution in [1.29, 1.82) is 0 Å². The third kappa shape index (κ3) is 4.07. The van der Waals surface area contributed by atoms with Gasteiger partial charge in [0.05, 0.1) is 11.9 Å². The number of benzene rings is 1. The van der Waals surface area contributed by atoms with Gasteiger partial charge < -0.3 is 15.1 Å². The Kier molecular flexibility index (Phi) is 5.61. The molecule has 0 bridgehead atoms. The molecule has 2 aromatic rings. The lowest BCUT2D eigenvalue weighted by molar-refractivity contribution is -0.120. The van der Waals surface area contributed by atoms with E-state index in [-0.39, 0.29) is 5.91 Å². The second-order valence-electron chi connectivity index (χ2n) is 6.31. The van der Waals surface area contributed by atoms with Crippen LogP contribution in [0.15, 0.2) is 40.1 Å². The first kappa shape index (κ1) is 18.4. The number of rotatable bonds is 3. The number of aliphatic imine (C=N–C) groups is 1. The fourth-order valence-electron chi connectivity index (χ4n) is 3.04. The van der Waals surface area contributed by atoms with Gasteiger partial charge in [-0.3, -0.25) is 14.5 Å². The summed E-state index contributed by atoms with van der Waals surface area (Å²) < 4.78 is 2.77. The minimum Gasteiger partial charge on any atom is -0.352 e. The maximum Gasteiger partial charge on any atom is 0.246 e. The zero-order valence-corrected chi connectivity index (χ0v) is 16.8. The molecular weight excluding hydrogens is 396 g/mol. The van der Waals surface area contributed by atoms with Crippen molar-refractivity contribution in [2.75, 3.05) is 31.6 Å². The standard InChI is InChI=1S/C18H23BrN6O/c1-13-8-15(19)5-4-14(13)9-21-18(20-2)24-6-7-25(17(26)12-24)16-10-22-23(3)11-16/h4-5,8,10-11H,6-7,9,12H2,1-3H3,(H,20,21). The van der Waals surface area contributed by atoms with E-state index in [2.05, 4.69) is 50.4 Å². The number of aryl methyl sites for hydroxylation is 2. The number of hydrogen-bond acceptors (Lipinski definition) is 3. The average molecular weight is 419 g/mol. The highest BCUT2D eigenvalue weighted by Gasteiger charge is 2.27. The highest BCUT2D eigenvalue weighted by atomic mass is 79.9. The molecule has 1 aromatic carbocycles. The van der Waals surface area contributed by atoms with Crippen LogP contribution in [0.4, 0.5) is 5.69 Å². The van der Waals surface area contributed by atoms with Crippen LogP contribution in [0.25, 0.3) is 0 Å². The van der Waals surface area contributed by atoms with Gasteiger partial charge in [-0.25, -0.2) is 0 Å². The van der Waals surface area contributed by atoms with Crippen molar-refractivity contribution in [3.63, 3.8) is 0 Å². The Hall–Kier alpha value is -2.35. The Bertz CT molecular complexity index is 831. The summed E-state index contributed by atoms with van der Waals surface area (Å²) in [7, 11) is 3.59. The van der Waals surface area contributed by atoms with Crippen LogP contribution in [-0.2, 0) is 18.4 Å². The van der Waals surface area contributed by atoms with E-state index < -0.39 is 0 Å². The number of halogens is 1. The maximum atomic E-state index is 12.6. The van der Waals surface area contributed by atoms with E-state index in [1.807, 2.05) is 24.2 Å². The third-order valence-electron chi connectivity index (χ3n) is 4.48. The Morgan fingerprint density at radius 1 is 1.38 bits per heavy atom. The molecule has 1 aliphatic heterocycles. The van der Waals surface area contributed by atoms with E-state index in [0.717, 1.165) is 22.7 Å². The molecule has 138 valence electrons. The first-order valence-electron chi connectivity index (χ1n) is 8.47. The number of guanidine groups is 1. The van der Waals surface area contributed by atoms with E-state index in [1.54, 1.807) is 22.8 Å². The zero-order valence-electron chi connectivity index (χ0n) is 15.2. The van der Waals surface area contributed by atoms with Crippen molar-refractivity contribution in [2.45, 2.75) is 13.5 Å². The lowest BCUT2D eigenvalue weighted by atomic mass is 10.1. The Morgan fingerprint density at radius 2 is 2.19 bits per heavy atom. The monoisotopic (exact) mass is 418 g/mol. The van der Waals surface area contributed by atoms with Gasteiger partial charge in [-0.2, -0.15) is 5.10 Å². The van der Waals surface area contributed by atoms with Gasteiger partial charge in [0, 0.05) is 44.4 Å². The molecule has 0 unspecified atom stereocenters. The summed E-state index contributed by atoms with van der Waals surface area (Å²) >= 11 is 3.49.